The first-order valence-corrected chi connectivity index (χ1v) is 9.28. The first-order chi connectivity index (χ1) is 8.53. The van der Waals surface area contributed by atoms with Gasteiger partial charge >= 0.3 is 0 Å². The molecule has 1 aromatic rings. The summed E-state index contributed by atoms with van der Waals surface area (Å²) in [6, 6.07) is 1.60. The van der Waals surface area contributed by atoms with Crippen LogP contribution in [0.15, 0.2) is 11.0 Å². The summed E-state index contributed by atoms with van der Waals surface area (Å²) in [6.07, 6.45) is 1.96. The number of aliphatic hydroxyl groups excluding tert-OH is 1. The van der Waals surface area contributed by atoms with Crippen molar-refractivity contribution in [2.45, 2.75) is 37.3 Å². The predicted octanol–water partition coefficient (Wildman–Crippen LogP) is 1.72. The van der Waals surface area contributed by atoms with Crippen molar-refractivity contribution in [3.63, 3.8) is 0 Å². The molecule has 2 heterocycles. The molecule has 0 spiro atoms. The SMILES string of the molecule is Cc1sc(CO)cc1S(=O)(=O)NC1CCCSC1. The summed E-state index contributed by atoms with van der Waals surface area (Å²) in [7, 11) is -3.44. The maximum atomic E-state index is 12.3. The van der Waals surface area contributed by atoms with Gasteiger partial charge in [-0.25, -0.2) is 13.1 Å². The first-order valence-electron chi connectivity index (χ1n) is 5.83. The standard InChI is InChI=1S/C11H17NO3S3/c1-8-11(5-10(6-13)17-8)18(14,15)12-9-3-2-4-16-7-9/h5,9,12-13H,2-4,6-7H2,1H3. The summed E-state index contributed by atoms with van der Waals surface area (Å²) in [5, 5.41) is 9.05. The number of thioether (sulfide) groups is 1. The molecular formula is C11H17NO3S3. The van der Waals surface area contributed by atoms with Gasteiger partial charge in [-0.3, -0.25) is 0 Å². The Kier molecular flexibility index (Phi) is 4.71. The van der Waals surface area contributed by atoms with Crippen LogP contribution in [0.1, 0.15) is 22.6 Å². The number of aliphatic hydroxyl groups is 1. The zero-order chi connectivity index (χ0) is 13.2. The molecule has 18 heavy (non-hydrogen) atoms. The van der Waals surface area contributed by atoms with Crippen molar-refractivity contribution in [1.82, 2.24) is 4.72 Å². The van der Waals surface area contributed by atoms with E-state index in [1.54, 1.807) is 24.8 Å². The van der Waals surface area contributed by atoms with Gasteiger partial charge in [0.15, 0.2) is 0 Å². The highest BCUT2D eigenvalue weighted by molar-refractivity contribution is 7.99. The number of rotatable bonds is 4. The Balaban J connectivity index is 2.16. The lowest BCUT2D eigenvalue weighted by Gasteiger charge is -2.22. The highest BCUT2D eigenvalue weighted by atomic mass is 32.2. The molecule has 0 amide bonds. The molecule has 1 fully saturated rings. The van der Waals surface area contributed by atoms with Gasteiger partial charge in [0.2, 0.25) is 10.0 Å². The van der Waals surface area contributed by atoms with E-state index in [4.69, 9.17) is 5.11 Å². The molecule has 102 valence electrons. The number of sulfonamides is 1. The molecule has 0 aromatic carbocycles. The van der Waals surface area contributed by atoms with Gasteiger partial charge in [-0.15, -0.1) is 11.3 Å². The van der Waals surface area contributed by atoms with Crippen LogP contribution in [-0.4, -0.2) is 31.1 Å². The van der Waals surface area contributed by atoms with Crippen LogP contribution in [0.4, 0.5) is 0 Å². The van der Waals surface area contributed by atoms with Crippen molar-refractivity contribution in [2.24, 2.45) is 0 Å². The average molecular weight is 307 g/mol. The van der Waals surface area contributed by atoms with Crippen LogP contribution in [0.2, 0.25) is 0 Å². The Labute approximate surface area is 116 Å². The van der Waals surface area contributed by atoms with Gasteiger partial charge in [0.05, 0.1) is 11.5 Å². The molecule has 2 rings (SSSR count). The summed E-state index contributed by atoms with van der Waals surface area (Å²) in [5.74, 6) is 1.96. The van der Waals surface area contributed by atoms with Crippen molar-refractivity contribution in [3.8, 4) is 0 Å². The quantitative estimate of drug-likeness (QED) is 0.889. The van der Waals surface area contributed by atoms with Crippen LogP contribution in [-0.2, 0) is 16.6 Å². The number of thiophene rings is 1. The van der Waals surface area contributed by atoms with E-state index < -0.39 is 10.0 Å². The average Bonchev–Trinajstić information content (AvgIpc) is 2.72. The van der Waals surface area contributed by atoms with Crippen LogP contribution >= 0.6 is 23.1 Å². The highest BCUT2D eigenvalue weighted by Crippen LogP contribution is 2.27. The molecule has 1 aliphatic rings. The fraction of sp³-hybridized carbons (Fsp3) is 0.636. The second-order valence-electron chi connectivity index (χ2n) is 4.33. The van der Waals surface area contributed by atoms with E-state index in [1.807, 2.05) is 0 Å². The first kappa shape index (κ1) is 14.3. The van der Waals surface area contributed by atoms with E-state index in [0.29, 0.717) is 9.77 Å². The fourth-order valence-electron chi connectivity index (χ4n) is 1.99. The lowest BCUT2D eigenvalue weighted by molar-refractivity contribution is 0.285. The highest BCUT2D eigenvalue weighted by Gasteiger charge is 2.24. The Bertz CT molecular complexity index is 504. The van der Waals surface area contributed by atoms with Crippen molar-refractivity contribution >= 4 is 33.1 Å². The molecule has 1 aliphatic heterocycles. The predicted molar refractivity (Wildman–Crippen MR) is 75.6 cm³/mol. The second kappa shape index (κ2) is 5.92. The molecule has 4 nitrogen and oxygen atoms in total. The molecular weight excluding hydrogens is 290 g/mol. The zero-order valence-electron chi connectivity index (χ0n) is 10.2. The molecule has 0 aliphatic carbocycles. The Morgan fingerprint density at radius 3 is 2.89 bits per heavy atom. The molecule has 1 saturated heterocycles. The van der Waals surface area contributed by atoms with E-state index in [9.17, 15) is 8.42 Å². The molecule has 2 N–H and O–H groups in total. The number of aryl methyl sites for hydroxylation is 1. The van der Waals surface area contributed by atoms with Crippen LogP contribution in [0.3, 0.4) is 0 Å². The topological polar surface area (TPSA) is 66.4 Å². The summed E-state index contributed by atoms with van der Waals surface area (Å²) in [4.78, 5) is 1.73. The summed E-state index contributed by atoms with van der Waals surface area (Å²) >= 11 is 3.12. The minimum atomic E-state index is -3.44. The third-order valence-electron chi connectivity index (χ3n) is 2.85. The van der Waals surface area contributed by atoms with Crippen molar-refractivity contribution < 1.29 is 13.5 Å². The fourth-order valence-corrected chi connectivity index (χ4v) is 5.93. The van der Waals surface area contributed by atoms with Gasteiger partial charge in [0.25, 0.3) is 0 Å². The van der Waals surface area contributed by atoms with E-state index >= 15 is 0 Å². The zero-order valence-corrected chi connectivity index (χ0v) is 12.6. The minimum absolute atomic E-state index is 0.0330. The number of hydrogen-bond donors (Lipinski definition) is 2. The Hall–Kier alpha value is -0.0800. The van der Waals surface area contributed by atoms with Gasteiger partial charge in [-0.05, 0) is 31.6 Å². The van der Waals surface area contributed by atoms with Gasteiger partial charge in [0.1, 0.15) is 0 Å². The Morgan fingerprint density at radius 2 is 2.33 bits per heavy atom. The lowest BCUT2D eigenvalue weighted by atomic mass is 10.2. The van der Waals surface area contributed by atoms with E-state index in [0.717, 1.165) is 29.2 Å². The van der Waals surface area contributed by atoms with E-state index in [-0.39, 0.29) is 12.6 Å². The largest absolute Gasteiger partial charge is 0.391 e. The van der Waals surface area contributed by atoms with Gasteiger partial charge < -0.3 is 5.11 Å². The summed E-state index contributed by atoms with van der Waals surface area (Å²) in [6.45, 7) is 1.66. The van der Waals surface area contributed by atoms with Crippen LogP contribution in [0, 0.1) is 6.92 Å². The lowest BCUT2D eigenvalue weighted by Crippen LogP contribution is -2.38. The third-order valence-corrected chi connectivity index (χ3v) is 6.88. The van der Waals surface area contributed by atoms with Crippen LogP contribution in [0.25, 0.3) is 0 Å². The molecule has 1 aromatic heterocycles. The summed E-state index contributed by atoms with van der Waals surface area (Å²) < 4.78 is 27.3. The van der Waals surface area contributed by atoms with Crippen molar-refractivity contribution in [2.75, 3.05) is 11.5 Å². The normalized spacial score (nSPS) is 21.1. The maximum Gasteiger partial charge on any atom is 0.241 e. The molecule has 0 bridgehead atoms. The van der Waals surface area contributed by atoms with E-state index in [2.05, 4.69) is 4.72 Å². The number of hydrogen-bond acceptors (Lipinski definition) is 5. The number of nitrogens with one attached hydrogen (secondary N) is 1. The van der Waals surface area contributed by atoms with Crippen LogP contribution in [0.5, 0.6) is 0 Å². The third kappa shape index (κ3) is 3.27. The molecule has 7 heteroatoms. The molecule has 1 unspecified atom stereocenters. The molecule has 0 radical (unpaired) electrons. The smallest absolute Gasteiger partial charge is 0.241 e. The van der Waals surface area contributed by atoms with Gasteiger partial charge in [-0.1, -0.05) is 0 Å². The van der Waals surface area contributed by atoms with Crippen molar-refractivity contribution in [3.05, 3.63) is 15.8 Å². The Morgan fingerprint density at radius 1 is 1.56 bits per heavy atom. The van der Waals surface area contributed by atoms with Crippen molar-refractivity contribution in [1.29, 1.82) is 0 Å². The maximum absolute atomic E-state index is 12.3. The summed E-state index contributed by atoms with van der Waals surface area (Å²) in [5.41, 5.74) is 0. The molecule has 0 saturated carbocycles. The van der Waals surface area contributed by atoms with Gasteiger partial charge in [0, 0.05) is 21.5 Å². The monoisotopic (exact) mass is 307 g/mol. The van der Waals surface area contributed by atoms with Crippen LogP contribution < -0.4 is 4.72 Å². The minimum Gasteiger partial charge on any atom is -0.391 e. The van der Waals surface area contributed by atoms with E-state index in [1.165, 1.54) is 11.3 Å². The molecule has 1 atom stereocenters. The van der Waals surface area contributed by atoms with Gasteiger partial charge in [-0.2, -0.15) is 11.8 Å². The second-order valence-corrected chi connectivity index (χ2v) is 8.50.